The lowest BCUT2D eigenvalue weighted by Crippen LogP contribution is -2.52. The SMILES string of the molecule is COc1ccc2c(c1)C(=O)N(C[C@@]1(c3cc4c[n+](O)ccc4o3)NC(=O)NC1=O)C2.COc1ccc2c(c1)C(=O)N(C[C@@]1(c3cc4cnccc4o3)NC(=O)NC1=O)C2. The molecular formula is C40H33N8O11+. The number of fused-ring (bicyclic) bond motifs is 4. The van der Waals surface area contributed by atoms with E-state index in [1.165, 1.54) is 42.5 Å². The number of rotatable bonds is 8. The van der Waals surface area contributed by atoms with Gasteiger partial charge in [0.2, 0.25) is 12.4 Å². The molecule has 19 heteroatoms. The molecule has 2 aromatic carbocycles. The van der Waals surface area contributed by atoms with Gasteiger partial charge in [0.1, 0.15) is 34.2 Å². The third kappa shape index (κ3) is 6.06. The van der Waals surface area contributed by atoms with Crippen molar-refractivity contribution in [3.63, 3.8) is 0 Å². The monoisotopic (exact) mass is 801 g/mol. The molecule has 8 heterocycles. The van der Waals surface area contributed by atoms with Crippen molar-refractivity contribution in [1.29, 1.82) is 0 Å². The van der Waals surface area contributed by atoms with E-state index in [1.54, 1.807) is 60.9 Å². The molecule has 0 saturated carbocycles. The van der Waals surface area contributed by atoms with Crippen LogP contribution in [0.15, 0.2) is 94.3 Å². The third-order valence-corrected chi connectivity index (χ3v) is 10.7. The Kier molecular flexibility index (Phi) is 8.46. The largest absolute Gasteiger partial charge is 0.497 e. The van der Waals surface area contributed by atoms with E-state index in [2.05, 4.69) is 26.3 Å². The quantitative estimate of drug-likeness (QED) is 0.0846. The van der Waals surface area contributed by atoms with Gasteiger partial charge in [-0.05, 0) is 53.6 Å². The first-order valence-corrected chi connectivity index (χ1v) is 18.1. The van der Waals surface area contributed by atoms with Crippen molar-refractivity contribution < 1.29 is 57.0 Å². The lowest BCUT2D eigenvalue weighted by molar-refractivity contribution is -0.904. The van der Waals surface area contributed by atoms with Gasteiger partial charge >= 0.3 is 12.1 Å². The van der Waals surface area contributed by atoms with Crippen LogP contribution in [0.5, 0.6) is 11.5 Å². The zero-order valence-electron chi connectivity index (χ0n) is 31.2. The van der Waals surface area contributed by atoms with Crippen LogP contribution in [0.4, 0.5) is 9.59 Å². The molecule has 5 N–H and O–H groups in total. The molecule has 10 rings (SSSR count). The molecule has 0 bridgehead atoms. The summed E-state index contributed by atoms with van der Waals surface area (Å²) in [4.78, 5) is 82.7. The molecule has 4 aliphatic heterocycles. The summed E-state index contributed by atoms with van der Waals surface area (Å²) in [5.41, 5.74) is 0.443. The average Bonchev–Trinajstić information content (AvgIpc) is 4.07. The number of nitrogens with one attached hydrogen (secondary N) is 4. The van der Waals surface area contributed by atoms with Crippen LogP contribution in [0, 0.1) is 0 Å². The summed E-state index contributed by atoms with van der Waals surface area (Å²) in [7, 11) is 3.05. The van der Waals surface area contributed by atoms with Crippen molar-refractivity contribution in [3.8, 4) is 11.5 Å². The summed E-state index contributed by atoms with van der Waals surface area (Å²) in [6.07, 6.45) is 5.97. The normalized spacial score (nSPS) is 20.6. The molecule has 0 spiro atoms. The number of methoxy groups -OCH3 is 2. The highest BCUT2D eigenvalue weighted by Crippen LogP contribution is 2.36. The van der Waals surface area contributed by atoms with Gasteiger partial charge in [-0.2, -0.15) is 0 Å². The molecule has 59 heavy (non-hydrogen) atoms. The average molecular weight is 802 g/mol. The van der Waals surface area contributed by atoms with E-state index in [0.717, 1.165) is 15.9 Å². The van der Waals surface area contributed by atoms with Crippen LogP contribution in [0.1, 0.15) is 43.4 Å². The molecule has 298 valence electrons. The van der Waals surface area contributed by atoms with Crippen LogP contribution in [-0.4, -0.2) is 83.0 Å². The highest BCUT2D eigenvalue weighted by molar-refractivity contribution is 6.09. The van der Waals surface area contributed by atoms with Gasteiger partial charge in [0.25, 0.3) is 23.6 Å². The van der Waals surface area contributed by atoms with Gasteiger partial charge in [0.05, 0.1) is 38.8 Å². The minimum absolute atomic E-state index is 0.0757. The maximum Gasteiger partial charge on any atom is 0.322 e. The Labute approximate surface area is 332 Å². The zero-order valence-corrected chi connectivity index (χ0v) is 31.2. The van der Waals surface area contributed by atoms with Gasteiger partial charge in [-0.25, -0.2) is 9.59 Å². The highest BCUT2D eigenvalue weighted by atomic mass is 16.5. The first-order chi connectivity index (χ1) is 28.4. The first kappa shape index (κ1) is 36.7. The Morgan fingerprint density at radius 2 is 1.22 bits per heavy atom. The van der Waals surface area contributed by atoms with Crippen molar-refractivity contribution >= 4 is 57.6 Å². The van der Waals surface area contributed by atoms with Crippen molar-refractivity contribution in [2.45, 2.75) is 24.2 Å². The van der Waals surface area contributed by atoms with Crippen LogP contribution in [-0.2, 0) is 33.8 Å². The number of furan rings is 2. The second kappa shape index (κ2) is 13.6. The molecule has 4 aliphatic rings. The predicted octanol–water partition coefficient (Wildman–Crippen LogP) is 2.18. The van der Waals surface area contributed by atoms with Crippen LogP contribution >= 0.6 is 0 Å². The van der Waals surface area contributed by atoms with Gasteiger partial charge in [-0.15, -0.1) is 0 Å². The molecule has 4 aromatic heterocycles. The topological polar surface area (TPSA) is 239 Å². The number of ether oxygens (including phenoxy) is 2. The standard InChI is InChI=1S/C20H16N4O6.C20H16N4O5/c1-29-13-3-2-11-8-23(17(25)14(11)7-13)10-20(18(26)21-19(27)22-20)16-6-12-9-24(28)5-4-15(12)30-16;1-28-13-3-2-11-9-24(17(25)14(11)7-13)10-20(18(26)22-19(27)23-20)16-6-12-8-21-5-4-15(12)29-16/h2-7,9H,8,10H2,1H3,(H2-,21,22,26,27,28);2-8H,9-10H2,1H3,(H2,22,23,26,27)/p+1/t2*20-/m00/s1. The van der Waals surface area contributed by atoms with Gasteiger partial charge in [0.15, 0.2) is 11.1 Å². The summed E-state index contributed by atoms with van der Waals surface area (Å²) >= 11 is 0. The van der Waals surface area contributed by atoms with Crippen LogP contribution in [0.2, 0.25) is 0 Å². The molecule has 2 saturated heterocycles. The van der Waals surface area contributed by atoms with Gasteiger partial charge in [0, 0.05) is 46.7 Å². The molecule has 2 fully saturated rings. The van der Waals surface area contributed by atoms with E-state index in [-0.39, 0.29) is 43.0 Å². The Morgan fingerprint density at radius 3 is 1.69 bits per heavy atom. The Hall–Kier alpha value is -7.96. The fourth-order valence-electron chi connectivity index (χ4n) is 7.76. The van der Waals surface area contributed by atoms with E-state index < -0.39 is 35.0 Å². The lowest BCUT2D eigenvalue weighted by Gasteiger charge is -2.29. The number of nitrogens with zero attached hydrogens (tertiary/aromatic N) is 4. The summed E-state index contributed by atoms with van der Waals surface area (Å²) < 4.78 is 22.9. The molecular weight excluding hydrogens is 768 g/mol. The minimum Gasteiger partial charge on any atom is -0.497 e. The maximum absolute atomic E-state index is 13.0. The van der Waals surface area contributed by atoms with E-state index >= 15 is 0 Å². The predicted molar refractivity (Wildman–Crippen MR) is 200 cm³/mol. The lowest BCUT2D eigenvalue weighted by atomic mass is 9.95. The number of benzene rings is 2. The number of pyridine rings is 2. The van der Waals surface area contributed by atoms with E-state index in [1.807, 2.05) is 6.07 Å². The van der Waals surface area contributed by atoms with Gasteiger partial charge < -0.3 is 38.7 Å². The Morgan fingerprint density at radius 1 is 0.712 bits per heavy atom. The second-order valence-electron chi connectivity index (χ2n) is 14.3. The van der Waals surface area contributed by atoms with Crippen molar-refractivity contribution in [2.75, 3.05) is 27.3 Å². The number of imide groups is 2. The fraction of sp³-hybridized carbons (Fsp3) is 0.200. The Balaban J connectivity index is 0.000000152. The highest BCUT2D eigenvalue weighted by Gasteiger charge is 2.54. The fourth-order valence-corrected chi connectivity index (χ4v) is 7.76. The van der Waals surface area contributed by atoms with Crippen molar-refractivity contribution in [3.05, 3.63) is 119 Å². The van der Waals surface area contributed by atoms with Crippen LogP contribution in [0.25, 0.3) is 21.9 Å². The first-order valence-electron chi connectivity index (χ1n) is 18.1. The summed E-state index contributed by atoms with van der Waals surface area (Å²) in [5, 5.41) is 20.6. The molecule has 2 atom stereocenters. The van der Waals surface area contributed by atoms with Crippen molar-refractivity contribution in [1.82, 2.24) is 36.1 Å². The molecule has 8 amide bonds. The molecule has 19 nitrogen and oxygen atoms in total. The number of hydrogen-bond donors (Lipinski definition) is 5. The van der Waals surface area contributed by atoms with Gasteiger partial charge in [-0.1, -0.05) is 12.1 Å². The number of amides is 8. The van der Waals surface area contributed by atoms with E-state index in [9.17, 15) is 34.0 Å². The van der Waals surface area contributed by atoms with Crippen LogP contribution < -0.4 is 35.5 Å². The Bertz CT molecular complexity index is 2770. The minimum atomic E-state index is -1.60. The molecule has 0 aliphatic carbocycles. The molecule has 0 radical (unpaired) electrons. The number of aromatic nitrogens is 2. The third-order valence-electron chi connectivity index (χ3n) is 10.7. The zero-order chi connectivity index (χ0) is 41.2. The number of carbonyl (C=O) groups excluding carboxylic acids is 6. The number of hydrogen-bond acceptors (Lipinski definition) is 12. The molecule has 0 unspecified atom stereocenters. The molecule has 6 aromatic rings. The summed E-state index contributed by atoms with van der Waals surface area (Å²) in [6.45, 7) is 0.387. The summed E-state index contributed by atoms with van der Waals surface area (Å²) in [6, 6.07) is 15.6. The summed E-state index contributed by atoms with van der Waals surface area (Å²) in [5.74, 6) is -0.184. The number of carbonyl (C=O) groups is 6. The van der Waals surface area contributed by atoms with Crippen molar-refractivity contribution in [2.24, 2.45) is 0 Å². The second-order valence-corrected chi connectivity index (χ2v) is 14.3. The number of urea groups is 2. The van der Waals surface area contributed by atoms with Gasteiger partial charge in [-0.3, -0.25) is 40.0 Å². The van der Waals surface area contributed by atoms with Crippen LogP contribution in [0.3, 0.4) is 0 Å². The van der Waals surface area contributed by atoms with E-state index in [0.29, 0.717) is 51.1 Å². The smallest absolute Gasteiger partial charge is 0.322 e. The van der Waals surface area contributed by atoms with E-state index in [4.69, 9.17) is 18.3 Å². The maximum atomic E-state index is 13.0.